The Balaban J connectivity index is 1.89. The van der Waals surface area contributed by atoms with Crippen LogP contribution in [0.15, 0.2) is 4.79 Å². The quantitative estimate of drug-likeness (QED) is 0.818. The van der Waals surface area contributed by atoms with Gasteiger partial charge in [0.05, 0.1) is 9.26 Å². The molecule has 0 aromatic carbocycles. The van der Waals surface area contributed by atoms with Gasteiger partial charge in [0, 0.05) is 11.8 Å². The molecule has 0 spiro atoms. The van der Waals surface area contributed by atoms with Gasteiger partial charge in [0.25, 0.3) is 5.56 Å². The van der Waals surface area contributed by atoms with E-state index in [0.29, 0.717) is 11.8 Å². The van der Waals surface area contributed by atoms with Crippen molar-refractivity contribution in [3.63, 3.8) is 0 Å². The number of nitrogens with zero attached hydrogens (tertiary/aromatic N) is 1. The Labute approximate surface area is 127 Å². The number of hydrogen-bond acceptors (Lipinski definition) is 2. The predicted octanol–water partition coefficient (Wildman–Crippen LogP) is 3.94. The standard InChI is InChI=1S/C15H21IN2O/c1-2-9-4-3-5-11(8-9)14-17-13(10-6-7-10)12(16)15(19)18-14/h9-11H,2-8H2,1H3,(H,17,18,19). The van der Waals surface area contributed by atoms with Gasteiger partial charge in [-0.05, 0) is 54.2 Å². The second-order valence-corrected chi connectivity index (χ2v) is 7.14. The van der Waals surface area contributed by atoms with Crippen molar-refractivity contribution in [2.24, 2.45) is 5.92 Å². The minimum absolute atomic E-state index is 0.0751. The normalized spacial score (nSPS) is 27.5. The minimum atomic E-state index is 0.0751. The number of halogens is 1. The molecule has 2 saturated carbocycles. The Morgan fingerprint density at radius 2 is 2.05 bits per heavy atom. The number of hydrogen-bond donors (Lipinski definition) is 1. The van der Waals surface area contributed by atoms with E-state index in [9.17, 15) is 4.79 Å². The van der Waals surface area contributed by atoms with Crippen LogP contribution in [0.4, 0.5) is 0 Å². The maximum Gasteiger partial charge on any atom is 0.264 e. The second-order valence-electron chi connectivity index (χ2n) is 6.06. The van der Waals surface area contributed by atoms with Gasteiger partial charge in [0.1, 0.15) is 5.82 Å². The Morgan fingerprint density at radius 3 is 2.74 bits per heavy atom. The van der Waals surface area contributed by atoms with Crippen LogP contribution in [0.5, 0.6) is 0 Å². The first-order valence-electron chi connectivity index (χ1n) is 7.48. The van der Waals surface area contributed by atoms with Crippen LogP contribution in [0.2, 0.25) is 0 Å². The monoisotopic (exact) mass is 372 g/mol. The molecule has 0 saturated heterocycles. The van der Waals surface area contributed by atoms with Crippen molar-refractivity contribution in [1.82, 2.24) is 9.97 Å². The molecule has 2 atom stereocenters. The average molecular weight is 372 g/mol. The van der Waals surface area contributed by atoms with Crippen LogP contribution in [0.1, 0.15) is 75.2 Å². The average Bonchev–Trinajstić information content (AvgIpc) is 3.26. The smallest absolute Gasteiger partial charge is 0.264 e. The highest BCUT2D eigenvalue weighted by atomic mass is 127. The summed E-state index contributed by atoms with van der Waals surface area (Å²) in [7, 11) is 0. The number of nitrogens with one attached hydrogen (secondary N) is 1. The summed E-state index contributed by atoms with van der Waals surface area (Å²) in [6.45, 7) is 2.27. The Kier molecular flexibility index (Phi) is 3.96. The molecule has 19 heavy (non-hydrogen) atoms. The maximum absolute atomic E-state index is 12.1. The molecule has 1 aromatic rings. The first kappa shape index (κ1) is 13.6. The van der Waals surface area contributed by atoms with E-state index in [1.807, 2.05) is 0 Å². The van der Waals surface area contributed by atoms with Gasteiger partial charge in [-0.25, -0.2) is 4.98 Å². The van der Waals surface area contributed by atoms with E-state index in [2.05, 4.69) is 34.5 Å². The zero-order chi connectivity index (χ0) is 13.4. The van der Waals surface area contributed by atoms with Crippen molar-refractivity contribution < 1.29 is 0 Å². The maximum atomic E-state index is 12.1. The van der Waals surface area contributed by atoms with Crippen LogP contribution < -0.4 is 5.56 Å². The zero-order valence-corrected chi connectivity index (χ0v) is 13.6. The molecule has 4 heteroatoms. The summed E-state index contributed by atoms with van der Waals surface area (Å²) in [5, 5.41) is 0. The summed E-state index contributed by atoms with van der Waals surface area (Å²) in [4.78, 5) is 19.9. The summed E-state index contributed by atoms with van der Waals surface area (Å²) in [5.41, 5.74) is 1.14. The summed E-state index contributed by atoms with van der Waals surface area (Å²) < 4.78 is 0.812. The lowest BCUT2D eigenvalue weighted by Crippen LogP contribution is -2.23. The lowest BCUT2D eigenvalue weighted by Gasteiger charge is -2.28. The Hall–Kier alpha value is -0.390. The SMILES string of the molecule is CCC1CCCC(c2nc(C3CC3)c(I)c(=O)[nH]2)C1. The lowest BCUT2D eigenvalue weighted by molar-refractivity contribution is 0.306. The molecule has 104 valence electrons. The third kappa shape index (κ3) is 2.88. The Bertz CT molecular complexity index is 521. The number of aromatic amines is 1. The van der Waals surface area contributed by atoms with Crippen LogP contribution in [-0.2, 0) is 0 Å². The highest BCUT2D eigenvalue weighted by Gasteiger charge is 2.31. The molecule has 0 radical (unpaired) electrons. The molecule has 2 aliphatic carbocycles. The summed E-state index contributed by atoms with van der Waals surface area (Å²) in [5.74, 6) is 2.80. The van der Waals surface area contributed by atoms with Crippen LogP contribution in [0.3, 0.4) is 0 Å². The highest BCUT2D eigenvalue weighted by Crippen LogP contribution is 2.41. The number of H-pyrrole nitrogens is 1. The van der Waals surface area contributed by atoms with E-state index in [-0.39, 0.29) is 5.56 Å². The molecule has 1 aromatic heterocycles. The molecule has 3 nitrogen and oxygen atoms in total. The van der Waals surface area contributed by atoms with E-state index in [1.165, 1.54) is 44.9 Å². The fourth-order valence-electron chi connectivity index (χ4n) is 3.23. The first-order chi connectivity index (χ1) is 9.19. The number of rotatable bonds is 3. The van der Waals surface area contributed by atoms with Crippen molar-refractivity contribution in [3.8, 4) is 0 Å². The van der Waals surface area contributed by atoms with Gasteiger partial charge >= 0.3 is 0 Å². The molecule has 1 N–H and O–H groups in total. The number of aromatic nitrogens is 2. The molecule has 2 aliphatic rings. The minimum Gasteiger partial charge on any atom is -0.309 e. The van der Waals surface area contributed by atoms with Crippen molar-refractivity contribution >= 4 is 22.6 Å². The van der Waals surface area contributed by atoms with Gasteiger partial charge < -0.3 is 4.98 Å². The third-order valence-corrected chi connectivity index (χ3v) is 5.66. The lowest BCUT2D eigenvalue weighted by atomic mass is 9.80. The summed E-state index contributed by atoms with van der Waals surface area (Å²) >= 11 is 2.15. The highest BCUT2D eigenvalue weighted by molar-refractivity contribution is 14.1. The molecule has 0 aliphatic heterocycles. The van der Waals surface area contributed by atoms with Crippen molar-refractivity contribution in [3.05, 3.63) is 25.4 Å². The zero-order valence-electron chi connectivity index (χ0n) is 11.4. The van der Waals surface area contributed by atoms with Crippen LogP contribution in [0.25, 0.3) is 0 Å². The molecule has 3 rings (SSSR count). The van der Waals surface area contributed by atoms with Crippen LogP contribution in [-0.4, -0.2) is 9.97 Å². The fourth-order valence-corrected chi connectivity index (χ4v) is 3.92. The second kappa shape index (κ2) is 5.54. The van der Waals surface area contributed by atoms with Gasteiger partial charge in [0.2, 0.25) is 0 Å². The first-order valence-corrected chi connectivity index (χ1v) is 8.56. The van der Waals surface area contributed by atoms with Gasteiger partial charge in [-0.3, -0.25) is 4.79 Å². The van der Waals surface area contributed by atoms with Gasteiger partial charge in [-0.2, -0.15) is 0 Å². The molecular formula is C15H21IN2O. The van der Waals surface area contributed by atoms with Crippen LogP contribution >= 0.6 is 22.6 Å². The van der Waals surface area contributed by atoms with E-state index in [0.717, 1.165) is 21.0 Å². The van der Waals surface area contributed by atoms with Gasteiger partial charge in [-0.1, -0.05) is 26.2 Å². The van der Waals surface area contributed by atoms with Gasteiger partial charge in [0.15, 0.2) is 0 Å². The van der Waals surface area contributed by atoms with Gasteiger partial charge in [-0.15, -0.1) is 0 Å². The van der Waals surface area contributed by atoms with Crippen molar-refractivity contribution in [2.45, 2.75) is 63.7 Å². The van der Waals surface area contributed by atoms with E-state index < -0.39 is 0 Å². The fraction of sp³-hybridized carbons (Fsp3) is 0.733. The molecule has 2 fully saturated rings. The molecule has 1 heterocycles. The van der Waals surface area contributed by atoms with Crippen molar-refractivity contribution in [1.29, 1.82) is 0 Å². The van der Waals surface area contributed by atoms with Crippen molar-refractivity contribution in [2.75, 3.05) is 0 Å². The van der Waals surface area contributed by atoms with Crippen LogP contribution in [0, 0.1) is 9.49 Å². The van der Waals surface area contributed by atoms with E-state index >= 15 is 0 Å². The molecule has 0 bridgehead atoms. The summed E-state index contributed by atoms with van der Waals surface area (Å²) in [6, 6.07) is 0. The molecule has 0 amide bonds. The Morgan fingerprint density at radius 1 is 1.26 bits per heavy atom. The van der Waals surface area contributed by atoms with E-state index in [4.69, 9.17) is 4.98 Å². The topological polar surface area (TPSA) is 45.8 Å². The summed E-state index contributed by atoms with van der Waals surface area (Å²) in [6.07, 6.45) is 8.66. The molecule has 2 unspecified atom stereocenters. The van der Waals surface area contributed by atoms with E-state index in [1.54, 1.807) is 0 Å². The predicted molar refractivity (Wildman–Crippen MR) is 84.5 cm³/mol. The molecular weight excluding hydrogens is 351 g/mol. The third-order valence-electron chi connectivity index (χ3n) is 4.62. The largest absolute Gasteiger partial charge is 0.309 e.